The Kier molecular flexibility index (Phi) is 4.85. The minimum Gasteiger partial charge on any atom is -0.376 e. The van der Waals surface area contributed by atoms with Crippen LogP contribution in [-0.2, 0) is 6.54 Å². The normalized spacial score (nSPS) is 10.8. The standard InChI is InChI=1S/C17H12Cl2FN3S/c18-13-8-12(5-6-14(13)20)23(17(21)24)9-11-7-10-3-1-2-4-15(10)22-16(11)19/h1-8H,9H2,(H2,21,24). The van der Waals surface area contributed by atoms with E-state index in [0.29, 0.717) is 17.4 Å². The summed E-state index contributed by atoms with van der Waals surface area (Å²) in [6.45, 7) is 0.300. The third-order valence-corrected chi connectivity index (χ3v) is 4.40. The third-order valence-electron chi connectivity index (χ3n) is 3.56. The van der Waals surface area contributed by atoms with Gasteiger partial charge in [-0.3, -0.25) is 0 Å². The largest absolute Gasteiger partial charge is 0.376 e. The molecule has 0 amide bonds. The van der Waals surface area contributed by atoms with Gasteiger partial charge in [-0.2, -0.15) is 0 Å². The van der Waals surface area contributed by atoms with E-state index in [2.05, 4.69) is 4.98 Å². The number of pyridine rings is 1. The predicted molar refractivity (Wildman–Crippen MR) is 101 cm³/mol. The number of anilines is 1. The molecule has 122 valence electrons. The van der Waals surface area contributed by atoms with Crippen molar-refractivity contribution < 1.29 is 4.39 Å². The number of hydrogen-bond donors (Lipinski definition) is 1. The summed E-state index contributed by atoms with van der Waals surface area (Å²) < 4.78 is 13.4. The number of rotatable bonds is 3. The minimum absolute atomic E-state index is 0.00326. The summed E-state index contributed by atoms with van der Waals surface area (Å²) in [4.78, 5) is 6.01. The van der Waals surface area contributed by atoms with Crippen molar-refractivity contribution in [1.29, 1.82) is 0 Å². The maximum atomic E-state index is 13.4. The highest BCUT2D eigenvalue weighted by Gasteiger charge is 2.15. The van der Waals surface area contributed by atoms with Gasteiger partial charge < -0.3 is 10.6 Å². The second-order valence-electron chi connectivity index (χ2n) is 5.15. The fourth-order valence-corrected chi connectivity index (χ4v) is 2.92. The van der Waals surface area contributed by atoms with Gasteiger partial charge in [0.15, 0.2) is 5.11 Å². The van der Waals surface area contributed by atoms with E-state index in [0.717, 1.165) is 16.5 Å². The number of aromatic nitrogens is 1. The van der Waals surface area contributed by atoms with Crippen molar-refractivity contribution in [3.05, 3.63) is 70.1 Å². The molecule has 0 aliphatic heterocycles. The maximum Gasteiger partial charge on any atom is 0.171 e. The zero-order valence-electron chi connectivity index (χ0n) is 12.3. The fraction of sp³-hybridized carbons (Fsp3) is 0.0588. The van der Waals surface area contributed by atoms with Gasteiger partial charge >= 0.3 is 0 Å². The van der Waals surface area contributed by atoms with Crippen LogP contribution in [-0.4, -0.2) is 10.1 Å². The van der Waals surface area contributed by atoms with Crippen molar-refractivity contribution in [2.45, 2.75) is 6.54 Å². The smallest absolute Gasteiger partial charge is 0.171 e. The van der Waals surface area contributed by atoms with Gasteiger partial charge in [0.1, 0.15) is 11.0 Å². The van der Waals surface area contributed by atoms with Crippen molar-refractivity contribution in [3.63, 3.8) is 0 Å². The van der Waals surface area contributed by atoms with Crippen LogP contribution >= 0.6 is 35.4 Å². The van der Waals surface area contributed by atoms with Gasteiger partial charge in [0, 0.05) is 16.6 Å². The van der Waals surface area contributed by atoms with Gasteiger partial charge in [0.25, 0.3) is 0 Å². The zero-order chi connectivity index (χ0) is 17.3. The number of nitrogens with two attached hydrogens (primary N) is 1. The van der Waals surface area contributed by atoms with E-state index in [9.17, 15) is 4.39 Å². The quantitative estimate of drug-likeness (QED) is 0.517. The lowest BCUT2D eigenvalue weighted by Crippen LogP contribution is -2.35. The van der Waals surface area contributed by atoms with Crippen LogP contribution in [0.25, 0.3) is 10.9 Å². The monoisotopic (exact) mass is 379 g/mol. The first-order valence-electron chi connectivity index (χ1n) is 7.02. The highest BCUT2D eigenvalue weighted by atomic mass is 35.5. The Hall–Kier alpha value is -1.95. The van der Waals surface area contributed by atoms with E-state index in [-0.39, 0.29) is 10.1 Å². The first kappa shape index (κ1) is 16.9. The zero-order valence-corrected chi connectivity index (χ0v) is 14.7. The molecule has 3 nitrogen and oxygen atoms in total. The van der Waals surface area contributed by atoms with Crippen LogP contribution in [0.15, 0.2) is 48.5 Å². The SMILES string of the molecule is NC(=S)N(Cc1cc2ccccc2nc1Cl)c1ccc(F)c(Cl)c1. The number of halogens is 3. The van der Waals surface area contributed by atoms with E-state index < -0.39 is 5.82 Å². The van der Waals surface area contributed by atoms with Gasteiger partial charge in [0.05, 0.1) is 17.1 Å². The molecule has 0 saturated heterocycles. The Morgan fingerprint density at radius 2 is 1.92 bits per heavy atom. The van der Waals surface area contributed by atoms with Crippen molar-refractivity contribution in [3.8, 4) is 0 Å². The Labute approximate surface area is 153 Å². The van der Waals surface area contributed by atoms with E-state index in [1.165, 1.54) is 12.1 Å². The number of nitrogens with zero attached hydrogens (tertiary/aromatic N) is 2. The molecular formula is C17H12Cl2FN3S. The van der Waals surface area contributed by atoms with Crippen LogP contribution < -0.4 is 10.6 Å². The molecule has 0 atom stereocenters. The molecule has 0 aliphatic rings. The molecule has 7 heteroatoms. The van der Waals surface area contributed by atoms with Crippen molar-refractivity contribution in [2.24, 2.45) is 5.73 Å². The average molecular weight is 380 g/mol. The molecule has 0 aliphatic carbocycles. The lowest BCUT2D eigenvalue weighted by Gasteiger charge is -2.23. The summed E-state index contributed by atoms with van der Waals surface area (Å²) in [5, 5.41) is 1.44. The Morgan fingerprint density at radius 3 is 2.62 bits per heavy atom. The second kappa shape index (κ2) is 6.89. The summed E-state index contributed by atoms with van der Waals surface area (Å²) >= 11 is 17.3. The van der Waals surface area contributed by atoms with E-state index in [1.54, 1.807) is 11.0 Å². The van der Waals surface area contributed by atoms with Crippen LogP contribution in [0.1, 0.15) is 5.56 Å². The second-order valence-corrected chi connectivity index (χ2v) is 6.34. The molecule has 0 fully saturated rings. The summed E-state index contributed by atoms with van der Waals surface area (Å²) in [5.74, 6) is -0.506. The topological polar surface area (TPSA) is 42.1 Å². The Bertz CT molecular complexity index is 933. The highest BCUT2D eigenvalue weighted by Crippen LogP contribution is 2.27. The van der Waals surface area contributed by atoms with Gasteiger partial charge in [0.2, 0.25) is 0 Å². The molecule has 2 aromatic carbocycles. The Morgan fingerprint density at radius 1 is 1.17 bits per heavy atom. The summed E-state index contributed by atoms with van der Waals surface area (Å²) in [5.41, 5.74) is 7.96. The molecule has 0 unspecified atom stereocenters. The fourth-order valence-electron chi connectivity index (χ4n) is 2.37. The molecule has 0 saturated carbocycles. The van der Waals surface area contributed by atoms with Gasteiger partial charge in [-0.25, -0.2) is 9.37 Å². The van der Waals surface area contributed by atoms with E-state index in [4.69, 9.17) is 41.2 Å². The molecule has 0 spiro atoms. The summed E-state index contributed by atoms with van der Waals surface area (Å²) in [7, 11) is 0. The maximum absolute atomic E-state index is 13.4. The number of benzene rings is 2. The molecule has 1 heterocycles. The number of hydrogen-bond acceptors (Lipinski definition) is 2. The minimum atomic E-state index is -0.506. The summed E-state index contributed by atoms with van der Waals surface area (Å²) in [6.07, 6.45) is 0. The molecule has 0 radical (unpaired) electrons. The molecule has 24 heavy (non-hydrogen) atoms. The van der Waals surface area contributed by atoms with Crippen molar-refractivity contribution in [2.75, 3.05) is 4.90 Å². The molecule has 1 aromatic heterocycles. The van der Waals surface area contributed by atoms with Crippen LogP contribution in [0, 0.1) is 5.82 Å². The van der Waals surface area contributed by atoms with Crippen LogP contribution in [0.5, 0.6) is 0 Å². The number of fused-ring (bicyclic) bond motifs is 1. The van der Waals surface area contributed by atoms with Crippen LogP contribution in [0.3, 0.4) is 0 Å². The molecule has 3 rings (SSSR count). The predicted octanol–water partition coefficient (Wildman–Crippen LogP) is 4.93. The van der Waals surface area contributed by atoms with Gasteiger partial charge in [-0.05, 0) is 42.5 Å². The first-order valence-corrected chi connectivity index (χ1v) is 8.18. The van der Waals surface area contributed by atoms with Crippen molar-refractivity contribution >= 4 is 57.1 Å². The number of thiocarbonyl (C=S) groups is 1. The molecule has 2 N–H and O–H groups in total. The van der Waals surface area contributed by atoms with E-state index >= 15 is 0 Å². The summed E-state index contributed by atoms with van der Waals surface area (Å²) in [6, 6.07) is 13.9. The Balaban J connectivity index is 2.00. The lowest BCUT2D eigenvalue weighted by molar-refractivity contribution is 0.628. The number of para-hydroxylation sites is 1. The molecule has 3 aromatic rings. The van der Waals surface area contributed by atoms with Crippen LogP contribution in [0.4, 0.5) is 10.1 Å². The van der Waals surface area contributed by atoms with Crippen molar-refractivity contribution in [1.82, 2.24) is 4.98 Å². The molecule has 0 bridgehead atoms. The van der Waals surface area contributed by atoms with E-state index in [1.807, 2.05) is 30.3 Å². The van der Waals surface area contributed by atoms with Gasteiger partial charge in [-0.1, -0.05) is 41.4 Å². The molecular weight excluding hydrogens is 368 g/mol. The van der Waals surface area contributed by atoms with Gasteiger partial charge in [-0.15, -0.1) is 0 Å². The average Bonchev–Trinajstić information content (AvgIpc) is 2.55. The highest BCUT2D eigenvalue weighted by molar-refractivity contribution is 7.80. The van der Waals surface area contributed by atoms with Crippen LogP contribution in [0.2, 0.25) is 10.2 Å². The third kappa shape index (κ3) is 3.43. The first-order chi connectivity index (χ1) is 11.5. The lowest BCUT2D eigenvalue weighted by atomic mass is 10.1.